The summed E-state index contributed by atoms with van der Waals surface area (Å²) >= 11 is 0. The standard InChI is InChI=1S/C23H27N3O3/c1-23(2,3)29-22(28)26-20(21(27)25-14-16-9-5-4-6-10-16)13-17-15-24-19-12-8-7-11-18(17)19/h4-12,15,20,24H,13-14H2,1-3H3,(H,25,27)(H,26,28)/t20-/m0/s1. The van der Waals surface area contributed by atoms with Crippen LogP contribution in [0.5, 0.6) is 0 Å². The minimum Gasteiger partial charge on any atom is -0.444 e. The Morgan fingerprint density at radius 2 is 1.72 bits per heavy atom. The second-order valence-corrected chi connectivity index (χ2v) is 7.97. The second kappa shape index (κ2) is 8.82. The molecular weight excluding hydrogens is 366 g/mol. The van der Waals surface area contributed by atoms with E-state index in [1.165, 1.54) is 0 Å². The maximum atomic E-state index is 12.9. The van der Waals surface area contributed by atoms with Gasteiger partial charge in [0.2, 0.25) is 5.91 Å². The molecule has 1 heterocycles. The molecule has 0 spiro atoms. The molecule has 0 unspecified atom stereocenters. The number of aromatic nitrogens is 1. The number of hydrogen-bond donors (Lipinski definition) is 3. The topological polar surface area (TPSA) is 83.2 Å². The first-order valence-electron chi connectivity index (χ1n) is 9.68. The molecule has 152 valence electrons. The SMILES string of the molecule is CC(C)(C)OC(=O)N[C@@H](Cc1c[nH]c2ccccc12)C(=O)NCc1ccccc1. The molecule has 0 saturated carbocycles. The zero-order valence-electron chi connectivity index (χ0n) is 17.0. The van der Waals surface area contributed by atoms with Crippen molar-refractivity contribution in [2.75, 3.05) is 0 Å². The van der Waals surface area contributed by atoms with Gasteiger partial charge in [-0.3, -0.25) is 4.79 Å². The zero-order valence-corrected chi connectivity index (χ0v) is 17.0. The highest BCUT2D eigenvalue weighted by Crippen LogP contribution is 2.19. The van der Waals surface area contributed by atoms with Crippen LogP contribution in [0.2, 0.25) is 0 Å². The van der Waals surface area contributed by atoms with Crippen molar-refractivity contribution in [1.29, 1.82) is 0 Å². The lowest BCUT2D eigenvalue weighted by Crippen LogP contribution is -2.49. The molecule has 6 heteroatoms. The van der Waals surface area contributed by atoms with Gasteiger partial charge in [0.15, 0.2) is 0 Å². The van der Waals surface area contributed by atoms with E-state index >= 15 is 0 Å². The third-order valence-electron chi connectivity index (χ3n) is 4.42. The normalized spacial score (nSPS) is 12.4. The molecule has 2 aromatic carbocycles. The lowest BCUT2D eigenvalue weighted by Gasteiger charge is -2.23. The average molecular weight is 393 g/mol. The van der Waals surface area contributed by atoms with Crippen LogP contribution in [0.4, 0.5) is 4.79 Å². The van der Waals surface area contributed by atoms with Crippen molar-refractivity contribution in [2.45, 2.75) is 45.4 Å². The summed E-state index contributed by atoms with van der Waals surface area (Å²) in [6.45, 7) is 5.75. The van der Waals surface area contributed by atoms with Crippen LogP contribution < -0.4 is 10.6 Å². The third-order valence-corrected chi connectivity index (χ3v) is 4.42. The summed E-state index contributed by atoms with van der Waals surface area (Å²) in [6.07, 6.45) is 1.61. The number of carbonyl (C=O) groups excluding carboxylic acids is 2. The quantitative estimate of drug-likeness (QED) is 0.594. The van der Waals surface area contributed by atoms with E-state index in [9.17, 15) is 9.59 Å². The molecule has 0 radical (unpaired) electrons. The van der Waals surface area contributed by atoms with Crippen LogP contribution in [0, 0.1) is 0 Å². The van der Waals surface area contributed by atoms with Gasteiger partial charge in [-0.25, -0.2) is 4.79 Å². The van der Waals surface area contributed by atoms with Crippen LogP contribution in [-0.2, 0) is 22.5 Å². The lowest BCUT2D eigenvalue weighted by atomic mass is 10.0. The summed E-state index contributed by atoms with van der Waals surface area (Å²) in [4.78, 5) is 28.4. The number of ether oxygens (including phenoxy) is 1. The Bertz CT molecular complexity index is 974. The van der Waals surface area contributed by atoms with Crippen molar-refractivity contribution in [2.24, 2.45) is 0 Å². The van der Waals surface area contributed by atoms with Gasteiger partial charge in [-0.1, -0.05) is 48.5 Å². The van der Waals surface area contributed by atoms with Gasteiger partial charge >= 0.3 is 6.09 Å². The summed E-state index contributed by atoms with van der Waals surface area (Å²) < 4.78 is 5.35. The van der Waals surface area contributed by atoms with E-state index in [1.807, 2.05) is 60.8 Å². The molecule has 1 aromatic heterocycles. The summed E-state index contributed by atoms with van der Waals surface area (Å²) in [5.74, 6) is -0.259. The Kier molecular flexibility index (Phi) is 6.22. The van der Waals surface area contributed by atoms with Crippen LogP contribution in [0.1, 0.15) is 31.9 Å². The van der Waals surface area contributed by atoms with Crippen molar-refractivity contribution < 1.29 is 14.3 Å². The number of fused-ring (bicyclic) bond motifs is 1. The molecule has 3 N–H and O–H groups in total. The molecule has 0 aliphatic rings. The van der Waals surface area contributed by atoms with Crippen molar-refractivity contribution >= 4 is 22.9 Å². The van der Waals surface area contributed by atoms with Crippen molar-refractivity contribution in [3.63, 3.8) is 0 Å². The van der Waals surface area contributed by atoms with Gasteiger partial charge in [0, 0.05) is 30.1 Å². The van der Waals surface area contributed by atoms with E-state index in [1.54, 1.807) is 20.8 Å². The van der Waals surface area contributed by atoms with E-state index in [0.29, 0.717) is 13.0 Å². The summed E-state index contributed by atoms with van der Waals surface area (Å²) in [7, 11) is 0. The predicted molar refractivity (Wildman–Crippen MR) is 113 cm³/mol. The van der Waals surface area contributed by atoms with Crippen molar-refractivity contribution in [3.8, 4) is 0 Å². The molecule has 2 amide bonds. The number of hydrogen-bond acceptors (Lipinski definition) is 3. The number of amides is 2. The summed E-state index contributed by atoms with van der Waals surface area (Å²) in [5, 5.41) is 6.66. The van der Waals surface area contributed by atoms with Gasteiger partial charge in [0.1, 0.15) is 11.6 Å². The highest BCUT2D eigenvalue weighted by atomic mass is 16.6. The number of rotatable bonds is 6. The number of benzene rings is 2. The lowest BCUT2D eigenvalue weighted by molar-refractivity contribution is -0.123. The third kappa shape index (κ3) is 5.85. The Morgan fingerprint density at radius 1 is 1.03 bits per heavy atom. The first-order valence-corrected chi connectivity index (χ1v) is 9.68. The number of alkyl carbamates (subject to hydrolysis) is 1. The molecular formula is C23H27N3O3. The van der Waals surface area contributed by atoms with E-state index < -0.39 is 17.7 Å². The zero-order chi connectivity index (χ0) is 20.9. The predicted octanol–water partition coefficient (Wildman–Crippen LogP) is 3.92. The number of aromatic amines is 1. The average Bonchev–Trinajstić information content (AvgIpc) is 3.08. The first kappa shape index (κ1) is 20.5. The fourth-order valence-corrected chi connectivity index (χ4v) is 3.09. The Labute approximate surface area is 170 Å². The van der Waals surface area contributed by atoms with Gasteiger partial charge in [-0.05, 0) is 38.0 Å². The highest BCUT2D eigenvalue weighted by Gasteiger charge is 2.25. The molecule has 3 rings (SSSR count). The maximum absolute atomic E-state index is 12.9. The molecule has 0 aliphatic carbocycles. The largest absolute Gasteiger partial charge is 0.444 e. The van der Waals surface area contributed by atoms with Crippen LogP contribution in [0.25, 0.3) is 10.9 Å². The minimum absolute atomic E-state index is 0.259. The van der Waals surface area contributed by atoms with Gasteiger partial charge in [-0.2, -0.15) is 0 Å². The number of carbonyl (C=O) groups is 2. The summed E-state index contributed by atoms with van der Waals surface area (Å²) in [6, 6.07) is 16.8. The summed E-state index contributed by atoms with van der Waals surface area (Å²) in [5.41, 5.74) is 2.29. The van der Waals surface area contributed by atoms with Gasteiger partial charge in [0.25, 0.3) is 0 Å². The van der Waals surface area contributed by atoms with E-state index in [0.717, 1.165) is 22.0 Å². The minimum atomic E-state index is -0.757. The molecule has 0 bridgehead atoms. The second-order valence-electron chi connectivity index (χ2n) is 7.97. The van der Waals surface area contributed by atoms with Crippen LogP contribution in [0.15, 0.2) is 60.8 Å². The Balaban J connectivity index is 1.75. The van der Waals surface area contributed by atoms with Crippen LogP contribution in [0.3, 0.4) is 0 Å². The van der Waals surface area contributed by atoms with Crippen LogP contribution in [-0.4, -0.2) is 28.6 Å². The molecule has 6 nitrogen and oxygen atoms in total. The Hall–Kier alpha value is -3.28. The van der Waals surface area contributed by atoms with E-state index in [2.05, 4.69) is 15.6 Å². The van der Waals surface area contributed by atoms with Crippen molar-refractivity contribution in [3.05, 3.63) is 71.9 Å². The molecule has 3 aromatic rings. The van der Waals surface area contributed by atoms with Gasteiger partial charge in [-0.15, -0.1) is 0 Å². The monoisotopic (exact) mass is 393 g/mol. The van der Waals surface area contributed by atoms with Crippen molar-refractivity contribution in [1.82, 2.24) is 15.6 Å². The number of H-pyrrole nitrogens is 1. The fraction of sp³-hybridized carbons (Fsp3) is 0.304. The molecule has 0 fully saturated rings. The first-order chi connectivity index (χ1) is 13.8. The number of para-hydroxylation sites is 1. The smallest absolute Gasteiger partial charge is 0.408 e. The number of nitrogens with one attached hydrogen (secondary N) is 3. The maximum Gasteiger partial charge on any atom is 0.408 e. The fourth-order valence-electron chi connectivity index (χ4n) is 3.09. The highest BCUT2D eigenvalue weighted by molar-refractivity contribution is 5.88. The van der Waals surface area contributed by atoms with Gasteiger partial charge in [0.05, 0.1) is 0 Å². The van der Waals surface area contributed by atoms with Gasteiger partial charge < -0.3 is 20.4 Å². The molecule has 29 heavy (non-hydrogen) atoms. The van der Waals surface area contributed by atoms with Crippen LogP contribution >= 0.6 is 0 Å². The molecule has 0 saturated heterocycles. The van der Waals surface area contributed by atoms with E-state index in [-0.39, 0.29) is 5.91 Å². The Morgan fingerprint density at radius 3 is 2.45 bits per heavy atom. The molecule has 1 atom stereocenters. The molecule has 0 aliphatic heterocycles. The van der Waals surface area contributed by atoms with E-state index in [4.69, 9.17) is 4.74 Å².